The van der Waals surface area contributed by atoms with E-state index >= 15 is 0 Å². The summed E-state index contributed by atoms with van der Waals surface area (Å²) in [5.41, 5.74) is 0. The SMILES string of the molecule is CN(C)c1ccnc(N2CC=CCC2)n1. The molecule has 4 heteroatoms. The lowest BCUT2D eigenvalue weighted by Crippen LogP contribution is -2.29. The molecule has 1 aromatic heterocycles. The predicted octanol–water partition coefficient (Wildman–Crippen LogP) is 1.31. The van der Waals surface area contributed by atoms with Crippen LogP contribution in [0, 0.1) is 0 Å². The van der Waals surface area contributed by atoms with Crippen LogP contribution in [0.1, 0.15) is 6.42 Å². The summed E-state index contributed by atoms with van der Waals surface area (Å²) >= 11 is 0. The predicted molar refractivity (Wildman–Crippen MR) is 62.3 cm³/mol. The maximum atomic E-state index is 4.50. The lowest BCUT2D eigenvalue weighted by Gasteiger charge is -2.24. The normalized spacial score (nSPS) is 15.5. The van der Waals surface area contributed by atoms with Gasteiger partial charge in [-0.2, -0.15) is 4.98 Å². The van der Waals surface area contributed by atoms with E-state index in [1.165, 1.54) is 0 Å². The Balaban J connectivity index is 2.20. The van der Waals surface area contributed by atoms with Gasteiger partial charge in [0.1, 0.15) is 5.82 Å². The molecule has 80 valence electrons. The van der Waals surface area contributed by atoms with Gasteiger partial charge >= 0.3 is 0 Å². The second-order valence-corrected chi connectivity index (χ2v) is 3.82. The molecule has 0 radical (unpaired) electrons. The Morgan fingerprint density at radius 1 is 1.33 bits per heavy atom. The fraction of sp³-hybridized carbons (Fsp3) is 0.455. The van der Waals surface area contributed by atoms with Crippen molar-refractivity contribution in [2.75, 3.05) is 37.0 Å². The van der Waals surface area contributed by atoms with Gasteiger partial charge in [-0.1, -0.05) is 12.2 Å². The largest absolute Gasteiger partial charge is 0.363 e. The van der Waals surface area contributed by atoms with E-state index in [4.69, 9.17) is 0 Å². The average molecular weight is 204 g/mol. The van der Waals surface area contributed by atoms with E-state index in [0.29, 0.717) is 0 Å². The van der Waals surface area contributed by atoms with Crippen LogP contribution in [0.3, 0.4) is 0 Å². The molecule has 0 saturated carbocycles. The second kappa shape index (κ2) is 4.29. The van der Waals surface area contributed by atoms with Crippen LogP contribution in [-0.4, -0.2) is 37.2 Å². The number of hydrogen-bond acceptors (Lipinski definition) is 4. The van der Waals surface area contributed by atoms with Crippen LogP contribution in [0.4, 0.5) is 11.8 Å². The smallest absolute Gasteiger partial charge is 0.227 e. The van der Waals surface area contributed by atoms with Crippen LogP contribution in [0.25, 0.3) is 0 Å². The first-order chi connectivity index (χ1) is 7.27. The van der Waals surface area contributed by atoms with Gasteiger partial charge in [0.25, 0.3) is 0 Å². The summed E-state index contributed by atoms with van der Waals surface area (Å²) in [5, 5.41) is 0. The Labute approximate surface area is 90.2 Å². The van der Waals surface area contributed by atoms with E-state index in [9.17, 15) is 0 Å². The summed E-state index contributed by atoms with van der Waals surface area (Å²) in [6, 6.07) is 1.92. The number of rotatable bonds is 2. The van der Waals surface area contributed by atoms with Gasteiger partial charge in [0.15, 0.2) is 0 Å². The Bertz CT molecular complexity index is 359. The maximum Gasteiger partial charge on any atom is 0.227 e. The molecule has 0 aliphatic carbocycles. The van der Waals surface area contributed by atoms with E-state index in [2.05, 4.69) is 27.0 Å². The monoisotopic (exact) mass is 204 g/mol. The average Bonchev–Trinajstić information content (AvgIpc) is 2.30. The third-order valence-electron chi connectivity index (χ3n) is 2.43. The van der Waals surface area contributed by atoms with Gasteiger partial charge in [-0.3, -0.25) is 0 Å². The molecule has 0 atom stereocenters. The van der Waals surface area contributed by atoms with Crippen molar-refractivity contribution in [1.29, 1.82) is 0 Å². The molecule has 1 aromatic rings. The second-order valence-electron chi connectivity index (χ2n) is 3.82. The number of aromatic nitrogens is 2. The maximum absolute atomic E-state index is 4.50. The van der Waals surface area contributed by atoms with Crippen LogP contribution < -0.4 is 9.80 Å². The molecule has 1 aliphatic heterocycles. The molecule has 0 fully saturated rings. The fourth-order valence-electron chi connectivity index (χ4n) is 1.56. The van der Waals surface area contributed by atoms with Crippen molar-refractivity contribution in [1.82, 2.24) is 9.97 Å². The van der Waals surface area contributed by atoms with Gasteiger partial charge in [0.2, 0.25) is 5.95 Å². The van der Waals surface area contributed by atoms with Gasteiger partial charge in [0, 0.05) is 33.4 Å². The third kappa shape index (κ3) is 2.26. The molecule has 1 aliphatic rings. The summed E-state index contributed by atoms with van der Waals surface area (Å²) in [6.07, 6.45) is 7.26. The molecule has 0 spiro atoms. The van der Waals surface area contributed by atoms with Crippen molar-refractivity contribution < 1.29 is 0 Å². The summed E-state index contributed by atoms with van der Waals surface area (Å²) in [7, 11) is 3.98. The van der Waals surface area contributed by atoms with Gasteiger partial charge in [0.05, 0.1) is 0 Å². The first-order valence-corrected chi connectivity index (χ1v) is 5.17. The minimum atomic E-state index is 0.825. The minimum Gasteiger partial charge on any atom is -0.363 e. The number of hydrogen-bond donors (Lipinski definition) is 0. The van der Waals surface area contributed by atoms with Gasteiger partial charge in [-0.05, 0) is 12.5 Å². The van der Waals surface area contributed by atoms with Gasteiger partial charge in [-0.15, -0.1) is 0 Å². The highest BCUT2D eigenvalue weighted by atomic mass is 15.3. The Morgan fingerprint density at radius 2 is 2.20 bits per heavy atom. The van der Waals surface area contributed by atoms with E-state index in [0.717, 1.165) is 31.3 Å². The van der Waals surface area contributed by atoms with Crippen molar-refractivity contribution in [3.05, 3.63) is 24.4 Å². The first-order valence-electron chi connectivity index (χ1n) is 5.17. The van der Waals surface area contributed by atoms with Crippen molar-refractivity contribution in [3.63, 3.8) is 0 Å². The van der Waals surface area contributed by atoms with Crippen LogP contribution in [0.2, 0.25) is 0 Å². The van der Waals surface area contributed by atoms with Gasteiger partial charge < -0.3 is 9.80 Å². The summed E-state index contributed by atoms with van der Waals surface area (Å²) in [4.78, 5) is 13.0. The van der Waals surface area contributed by atoms with Crippen LogP contribution in [0.15, 0.2) is 24.4 Å². The van der Waals surface area contributed by atoms with E-state index in [1.807, 2.05) is 31.3 Å². The first kappa shape index (κ1) is 9.96. The van der Waals surface area contributed by atoms with Crippen molar-refractivity contribution in [2.24, 2.45) is 0 Å². The highest BCUT2D eigenvalue weighted by Gasteiger charge is 2.10. The molecule has 0 amide bonds. The molecule has 4 nitrogen and oxygen atoms in total. The van der Waals surface area contributed by atoms with E-state index in [1.54, 1.807) is 0 Å². The summed E-state index contributed by atoms with van der Waals surface area (Å²) in [6.45, 7) is 1.92. The molecule has 0 unspecified atom stereocenters. The van der Waals surface area contributed by atoms with Crippen LogP contribution in [-0.2, 0) is 0 Å². The zero-order chi connectivity index (χ0) is 10.7. The van der Waals surface area contributed by atoms with E-state index in [-0.39, 0.29) is 0 Å². The van der Waals surface area contributed by atoms with Crippen molar-refractivity contribution in [3.8, 4) is 0 Å². The fourth-order valence-corrected chi connectivity index (χ4v) is 1.56. The third-order valence-corrected chi connectivity index (χ3v) is 2.43. The number of anilines is 2. The molecule has 0 N–H and O–H groups in total. The number of nitrogens with zero attached hydrogens (tertiary/aromatic N) is 4. The Hall–Kier alpha value is -1.58. The molecule has 0 aromatic carbocycles. The van der Waals surface area contributed by atoms with Crippen molar-refractivity contribution in [2.45, 2.75) is 6.42 Å². The Kier molecular flexibility index (Phi) is 2.85. The molecular formula is C11H16N4. The highest BCUT2D eigenvalue weighted by molar-refractivity contribution is 5.43. The zero-order valence-corrected chi connectivity index (χ0v) is 9.22. The standard InChI is InChI=1S/C11H16N4/c1-14(2)10-6-7-12-11(13-10)15-8-4-3-5-9-15/h3-4,6-7H,5,8-9H2,1-2H3. The van der Waals surface area contributed by atoms with Crippen molar-refractivity contribution >= 4 is 11.8 Å². The highest BCUT2D eigenvalue weighted by Crippen LogP contribution is 2.14. The molecule has 0 bridgehead atoms. The van der Waals surface area contributed by atoms with E-state index < -0.39 is 0 Å². The van der Waals surface area contributed by atoms with Crippen LogP contribution in [0.5, 0.6) is 0 Å². The quantitative estimate of drug-likeness (QED) is 0.680. The molecule has 2 heterocycles. The van der Waals surface area contributed by atoms with Crippen LogP contribution >= 0.6 is 0 Å². The topological polar surface area (TPSA) is 32.3 Å². The summed E-state index contributed by atoms with van der Waals surface area (Å²) in [5.74, 6) is 1.78. The lowest BCUT2D eigenvalue weighted by molar-refractivity contribution is 0.784. The molecule has 0 saturated heterocycles. The lowest BCUT2D eigenvalue weighted by atomic mass is 10.3. The summed E-state index contributed by atoms with van der Waals surface area (Å²) < 4.78 is 0. The molecule has 2 rings (SSSR count). The molecular weight excluding hydrogens is 188 g/mol. The van der Waals surface area contributed by atoms with Gasteiger partial charge in [-0.25, -0.2) is 4.98 Å². The Morgan fingerprint density at radius 3 is 2.87 bits per heavy atom. The zero-order valence-electron chi connectivity index (χ0n) is 9.22. The molecule has 15 heavy (non-hydrogen) atoms. The minimum absolute atomic E-state index is 0.825.